The van der Waals surface area contributed by atoms with Crippen LogP contribution in [0, 0.1) is 0 Å². The number of alkyl halides is 3. The van der Waals surface area contributed by atoms with Crippen molar-refractivity contribution in [3.63, 3.8) is 0 Å². The largest absolute Gasteiger partial charge is 0.442 e. The van der Waals surface area contributed by atoms with Gasteiger partial charge in [0.05, 0.1) is 6.10 Å². The minimum atomic E-state index is -4.40. The second-order valence-corrected chi connectivity index (χ2v) is 5.61. The number of carbonyl (C=O) groups excluding carboxylic acids is 2. The molecule has 0 saturated carbocycles. The Bertz CT molecular complexity index is 333. The Balaban J connectivity index is 2.46. The molecule has 1 aliphatic rings. The van der Waals surface area contributed by atoms with E-state index in [-0.39, 0.29) is 55.8 Å². The molecule has 8 heteroatoms. The number of aliphatic hydroxyl groups excluding tert-OH is 1. The summed E-state index contributed by atoms with van der Waals surface area (Å²) in [5.74, 6) is -0.651. The van der Waals surface area contributed by atoms with E-state index in [1.54, 1.807) is 6.92 Å². The topological polar surface area (TPSA) is 57.6 Å². The summed E-state index contributed by atoms with van der Waals surface area (Å²) in [6, 6.07) is 0. The molecule has 0 spiro atoms. The van der Waals surface area contributed by atoms with E-state index in [0.29, 0.717) is 0 Å². The summed E-state index contributed by atoms with van der Waals surface area (Å²) in [5.41, 5.74) is -4.40. The third-order valence-electron chi connectivity index (χ3n) is 2.92. The van der Waals surface area contributed by atoms with Gasteiger partial charge in [0, 0.05) is 24.6 Å². The van der Waals surface area contributed by atoms with Crippen molar-refractivity contribution < 1.29 is 27.9 Å². The lowest BCUT2D eigenvalue weighted by molar-refractivity contribution is -0.138. The van der Waals surface area contributed by atoms with Crippen LogP contribution >= 0.6 is 11.8 Å². The van der Waals surface area contributed by atoms with Crippen molar-refractivity contribution in [1.82, 2.24) is 4.90 Å². The van der Waals surface area contributed by atoms with Gasteiger partial charge in [-0.3, -0.25) is 14.5 Å². The number of imide groups is 1. The number of likely N-dealkylation sites (tertiary alicyclic amines) is 1. The maximum atomic E-state index is 12.3. The normalized spacial score (nSPS) is 19.9. The highest BCUT2D eigenvalue weighted by atomic mass is 32.2. The van der Waals surface area contributed by atoms with E-state index in [1.807, 2.05) is 0 Å². The molecule has 1 fully saturated rings. The van der Waals surface area contributed by atoms with Crippen LogP contribution in [0.1, 0.15) is 32.6 Å². The molecule has 0 unspecified atom stereocenters. The van der Waals surface area contributed by atoms with Gasteiger partial charge in [0.15, 0.2) is 0 Å². The summed E-state index contributed by atoms with van der Waals surface area (Å²) in [6.45, 7) is 1.53. The van der Waals surface area contributed by atoms with Gasteiger partial charge >= 0.3 is 5.51 Å². The van der Waals surface area contributed by atoms with Gasteiger partial charge in [0.2, 0.25) is 11.8 Å². The van der Waals surface area contributed by atoms with Gasteiger partial charge in [-0.25, -0.2) is 0 Å². The molecule has 110 valence electrons. The van der Waals surface area contributed by atoms with E-state index < -0.39 is 16.9 Å². The van der Waals surface area contributed by atoms with Crippen LogP contribution in [-0.2, 0) is 9.59 Å². The van der Waals surface area contributed by atoms with Gasteiger partial charge in [-0.05, 0) is 24.6 Å². The van der Waals surface area contributed by atoms with Crippen LogP contribution in [0.2, 0.25) is 0 Å². The van der Waals surface area contributed by atoms with E-state index in [2.05, 4.69) is 0 Å². The fourth-order valence-corrected chi connectivity index (χ4v) is 2.73. The van der Waals surface area contributed by atoms with Crippen molar-refractivity contribution in [3.05, 3.63) is 0 Å². The van der Waals surface area contributed by atoms with Crippen LogP contribution < -0.4 is 0 Å². The number of hydrogen-bond acceptors (Lipinski definition) is 4. The lowest BCUT2D eigenvalue weighted by atomic mass is 10.1. The molecule has 0 aromatic heterocycles. The number of thioether (sulfide) groups is 1. The minimum absolute atomic E-state index is 0.0201. The van der Waals surface area contributed by atoms with Gasteiger partial charge in [0.1, 0.15) is 0 Å². The zero-order valence-electron chi connectivity index (χ0n) is 10.4. The summed E-state index contributed by atoms with van der Waals surface area (Å²) in [5, 5.41) is 8.76. The molecule has 0 aromatic rings. The molecule has 0 aromatic carbocycles. The molecule has 0 radical (unpaired) electrons. The Morgan fingerprint density at radius 1 is 1.32 bits per heavy atom. The Morgan fingerprint density at radius 3 is 2.26 bits per heavy atom. The van der Waals surface area contributed by atoms with Gasteiger partial charge in [-0.2, -0.15) is 13.2 Å². The summed E-state index contributed by atoms with van der Waals surface area (Å²) in [4.78, 5) is 23.6. The highest BCUT2D eigenvalue weighted by molar-refractivity contribution is 8.00. The van der Waals surface area contributed by atoms with Crippen LogP contribution in [0.3, 0.4) is 0 Å². The zero-order valence-corrected chi connectivity index (χ0v) is 11.3. The molecule has 1 saturated heterocycles. The summed E-state index contributed by atoms with van der Waals surface area (Å²) >= 11 is -0.244. The first-order valence-electron chi connectivity index (χ1n) is 6.00. The third kappa shape index (κ3) is 5.02. The van der Waals surface area contributed by atoms with Gasteiger partial charge in [-0.15, -0.1) is 0 Å². The molecule has 0 aliphatic carbocycles. The predicted octanol–water partition coefficient (Wildman–Crippen LogP) is 1.92. The fraction of sp³-hybridized carbons (Fsp3) is 0.818. The number of nitrogens with zero attached hydrogens (tertiary/aromatic N) is 1. The van der Waals surface area contributed by atoms with Crippen LogP contribution in [0.15, 0.2) is 0 Å². The van der Waals surface area contributed by atoms with E-state index in [9.17, 15) is 27.9 Å². The van der Waals surface area contributed by atoms with Crippen molar-refractivity contribution in [2.24, 2.45) is 0 Å². The molecular formula is C11H16F3NO3S. The smallest absolute Gasteiger partial charge is 0.392 e. The van der Waals surface area contributed by atoms with Gasteiger partial charge in [-0.1, -0.05) is 6.92 Å². The average molecular weight is 299 g/mol. The molecule has 4 nitrogen and oxygen atoms in total. The molecule has 1 rings (SSSR count). The highest BCUT2D eigenvalue weighted by Crippen LogP contribution is 2.37. The molecule has 2 amide bonds. The molecule has 1 aliphatic heterocycles. The third-order valence-corrected chi connectivity index (χ3v) is 4.14. The number of hydrogen-bond donors (Lipinski definition) is 1. The SMILES string of the molecule is CC[C@H](SC(F)(F)F)[C@H](O)CCN1C(=O)CCC1=O. The quantitative estimate of drug-likeness (QED) is 0.761. The maximum Gasteiger partial charge on any atom is 0.442 e. The first kappa shape index (κ1) is 16.3. The van der Waals surface area contributed by atoms with E-state index >= 15 is 0 Å². The number of halogens is 3. The first-order chi connectivity index (χ1) is 8.74. The number of aliphatic hydroxyl groups is 1. The van der Waals surface area contributed by atoms with Crippen LogP contribution in [-0.4, -0.2) is 45.2 Å². The monoisotopic (exact) mass is 299 g/mol. The van der Waals surface area contributed by atoms with Crippen LogP contribution in [0.4, 0.5) is 13.2 Å². The minimum Gasteiger partial charge on any atom is -0.392 e. The molecule has 1 N–H and O–H groups in total. The van der Waals surface area contributed by atoms with Crippen LogP contribution in [0.25, 0.3) is 0 Å². The Kier molecular flexibility index (Phi) is 5.66. The molecular weight excluding hydrogens is 283 g/mol. The standard InChI is InChI=1S/C11H16F3NO3S/c1-2-8(19-11(12,13)14)7(16)5-6-15-9(17)3-4-10(15)18/h7-8,16H,2-6H2,1H3/t7-,8+/m1/s1. The van der Waals surface area contributed by atoms with Crippen molar-refractivity contribution in [2.75, 3.05) is 6.54 Å². The molecule has 0 bridgehead atoms. The summed E-state index contributed by atoms with van der Waals surface area (Å²) in [6.07, 6.45) is -0.781. The summed E-state index contributed by atoms with van der Waals surface area (Å²) in [7, 11) is 0. The lowest BCUT2D eigenvalue weighted by Crippen LogP contribution is -2.35. The maximum absolute atomic E-state index is 12.3. The Hall–Kier alpha value is -0.760. The van der Waals surface area contributed by atoms with E-state index in [4.69, 9.17) is 0 Å². The summed E-state index contributed by atoms with van der Waals surface area (Å²) < 4.78 is 36.8. The van der Waals surface area contributed by atoms with E-state index in [0.717, 1.165) is 4.90 Å². The number of carbonyl (C=O) groups is 2. The highest BCUT2D eigenvalue weighted by Gasteiger charge is 2.36. The van der Waals surface area contributed by atoms with E-state index in [1.165, 1.54) is 0 Å². The predicted molar refractivity (Wildman–Crippen MR) is 64.3 cm³/mol. The fourth-order valence-electron chi connectivity index (χ4n) is 1.93. The lowest BCUT2D eigenvalue weighted by Gasteiger charge is -2.23. The van der Waals surface area contributed by atoms with Crippen molar-refractivity contribution in [2.45, 2.75) is 49.5 Å². The van der Waals surface area contributed by atoms with Crippen molar-refractivity contribution in [1.29, 1.82) is 0 Å². The van der Waals surface area contributed by atoms with Crippen molar-refractivity contribution >= 4 is 23.6 Å². The molecule has 1 heterocycles. The van der Waals surface area contributed by atoms with Gasteiger partial charge in [0.25, 0.3) is 0 Å². The average Bonchev–Trinajstić information content (AvgIpc) is 2.62. The second kappa shape index (κ2) is 6.60. The first-order valence-corrected chi connectivity index (χ1v) is 6.88. The number of rotatable bonds is 6. The van der Waals surface area contributed by atoms with Crippen molar-refractivity contribution in [3.8, 4) is 0 Å². The Labute approximate surface area is 113 Å². The van der Waals surface area contributed by atoms with Crippen LogP contribution in [0.5, 0.6) is 0 Å². The number of amides is 2. The molecule has 19 heavy (non-hydrogen) atoms. The zero-order chi connectivity index (χ0) is 14.6. The second-order valence-electron chi connectivity index (χ2n) is 4.31. The Morgan fingerprint density at radius 2 is 1.84 bits per heavy atom. The van der Waals surface area contributed by atoms with Gasteiger partial charge < -0.3 is 5.11 Å². The molecule has 2 atom stereocenters.